The van der Waals surface area contributed by atoms with Crippen LogP contribution in [0.5, 0.6) is 17.2 Å². The lowest BCUT2D eigenvalue weighted by Gasteiger charge is -2.39. The molecule has 1 fully saturated rings. The summed E-state index contributed by atoms with van der Waals surface area (Å²) < 4.78 is 45.7. The van der Waals surface area contributed by atoms with Crippen LogP contribution in [0.2, 0.25) is 0 Å². The van der Waals surface area contributed by atoms with Crippen molar-refractivity contribution in [3.8, 4) is 17.2 Å². The molecule has 7 nitrogen and oxygen atoms in total. The molecule has 4 aromatic carbocycles. The molecule has 192 valence electrons. The maximum absolute atomic E-state index is 12.2. The summed E-state index contributed by atoms with van der Waals surface area (Å²) in [6.45, 7) is 1.78. The van der Waals surface area contributed by atoms with Crippen LogP contribution in [0.1, 0.15) is 24.0 Å². The van der Waals surface area contributed by atoms with E-state index in [0.717, 1.165) is 10.9 Å². The number of piperidine rings is 1. The number of para-hydroxylation sites is 2. The predicted octanol–water partition coefficient (Wildman–Crippen LogP) is 5.37. The molecule has 0 aliphatic carbocycles. The highest BCUT2D eigenvalue weighted by molar-refractivity contribution is 7.85. The summed E-state index contributed by atoms with van der Waals surface area (Å²) in [5.41, 5.74) is -0.0526. The lowest BCUT2D eigenvalue weighted by atomic mass is 9.83. The van der Waals surface area contributed by atoms with E-state index in [9.17, 15) is 18.1 Å². The smallest absolute Gasteiger partial charge is 0.294 e. The van der Waals surface area contributed by atoms with Gasteiger partial charge in [0.25, 0.3) is 10.1 Å². The molecule has 2 N–H and O–H groups in total. The van der Waals surface area contributed by atoms with Crippen LogP contribution in [0.25, 0.3) is 10.8 Å². The topological polar surface area (TPSA) is 96.3 Å². The first-order valence-corrected chi connectivity index (χ1v) is 13.5. The number of methoxy groups -OCH3 is 1. The zero-order chi connectivity index (χ0) is 26.0. The molecule has 1 saturated heterocycles. The maximum atomic E-state index is 12.2. The van der Waals surface area contributed by atoms with Crippen LogP contribution >= 0.6 is 0 Å². The molecule has 0 unspecified atom stereocenters. The normalized spacial score (nSPS) is 16.0. The van der Waals surface area contributed by atoms with Crippen LogP contribution in [-0.2, 0) is 22.3 Å². The first kappa shape index (κ1) is 25.2. The molecule has 8 heteroatoms. The number of benzene rings is 4. The molecule has 1 heterocycles. The molecular weight excluding hydrogens is 490 g/mol. The minimum absolute atomic E-state index is 0.233. The second-order valence-corrected chi connectivity index (χ2v) is 10.8. The Morgan fingerprint density at radius 3 is 2.19 bits per heavy atom. The fourth-order valence-electron chi connectivity index (χ4n) is 4.94. The number of nitrogens with zero attached hydrogens (tertiary/aromatic N) is 1. The second-order valence-electron chi connectivity index (χ2n) is 9.38. The molecule has 5 rings (SSSR count). The van der Waals surface area contributed by atoms with Gasteiger partial charge in [-0.15, -0.1) is 0 Å². The highest BCUT2D eigenvalue weighted by Gasteiger charge is 2.38. The van der Waals surface area contributed by atoms with Crippen molar-refractivity contribution in [3.63, 3.8) is 0 Å². The second kappa shape index (κ2) is 10.1. The standard InChI is InChI=1S/C29H29NO6S/c1-35-26-11-4-5-12-27(26)36-24-10-6-7-21(17-24)20-30-15-13-29(31,14-16-30)25-18-22-8-2-3-9-23(22)19-28(25)37(32,33)34/h2-12,17-19,31H,13-16,20H2,1H3,(H,32,33,34). The van der Waals surface area contributed by atoms with Gasteiger partial charge in [-0.1, -0.05) is 48.5 Å². The van der Waals surface area contributed by atoms with Crippen molar-refractivity contribution in [2.45, 2.75) is 29.9 Å². The lowest BCUT2D eigenvalue weighted by molar-refractivity contribution is -0.0298. The molecule has 0 saturated carbocycles. The minimum Gasteiger partial charge on any atom is -0.493 e. The molecule has 37 heavy (non-hydrogen) atoms. The van der Waals surface area contributed by atoms with Gasteiger partial charge >= 0.3 is 0 Å². The van der Waals surface area contributed by atoms with Crippen molar-refractivity contribution in [2.75, 3.05) is 20.2 Å². The van der Waals surface area contributed by atoms with Gasteiger partial charge in [0, 0.05) is 25.2 Å². The van der Waals surface area contributed by atoms with Crippen molar-refractivity contribution < 1.29 is 27.6 Å². The molecule has 0 aromatic heterocycles. The first-order valence-electron chi connectivity index (χ1n) is 12.1. The first-order chi connectivity index (χ1) is 17.7. The van der Waals surface area contributed by atoms with Crippen molar-refractivity contribution in [1.29, 1.82) is 0 Å². The third-order valence-electron chi connectivity index (χ3n) is 6.91. The average molecular weight is 520 g/mol. The van der Waals surface area contributed by atoms with Crippen molar-refractivity contribution in [1.82, 2.24) is 4.90 Å². The van der Waals surface area contributed by atoms with Gasteiger partial charge in [-0.25, -0.2) is 0 Å². The Balaban J connectivity index is 1.32. The average Bonchev–Trinajstić information content (AvgIpc) is 2.89. The van der Waals surface area contributed by atoms with Gasteiger partial charge in [-0.2, -0.15) is 8.42 Å². The summed E-state index contributed by atoms with van der Waals surface area (Å²) in [6.07, 6.45) is 0.677. The van der Waals surface area contributed by atoms with Gasteiger partial charge in [-0.05, 0) is 65.6 Å². The van der Waals surface area contributed by atoms with Gasteiger partial charge in [0.15, 0.2) is 11.5 Å². The number of fused-ring (bicyclic) bond motifs is 1. The number of rotatable bonds is 7. The fourth-order valence-corrected chi connectivity index (χ4v) is 5.75. The van der Waals surface area contributed by atoms with Crippen LogP contribution < -0.4 is 9.47 Å². The molecule has 0 radical (unpaired) electrons. The Bertz CT molecular complexity index is 1530. The van der Waals surface area contributed by atoms with Crippen LogP contribution in [-0.4, -0.2) is 43.2 Å². The summed E-state index contributed by atoms with van der Waals surface area (Å²) in [6, 6.07) is 25.7. The SMILES string of the molecule is COc1ccccc1Oc1cccc(CN2CCC(O)(c3cc4ccccc4cc3S(=O)(=O)O)CC2)c1. The van der Waals surface area contributed by atoms with E-state index < -0.39 is 15.7 Å². The summed E-state index contributed by atoms with van der Waals surface area (Å²) in [5.74, 6) is 1.99. The Labute approximate surface area is 216 Å². The molecular formula is C29H29NO6S. The van der Waals surface area contributed by atoms with Crippen LogP contribution in [0, 0.1) is 0 Å². The van der Waals surface area contributed by atoms with E-state index >= 15 is 0 Å². The quantitative estimate of drug-likeness (QED) is 0.317. The number of hydrogen-bond acceptors (Lipinski definition) is 6. The highest BCUT2D eigenvalue weighted by atomic mass is 32.2. The molecule has 4 aromatic rings. The van der Waals surface area contributed by atoms with Gasteiger partial charge in [0.05, 0.1) is 12.7 Å². The van der Waals surface area contributed by atoms with Crippen molar-refractivity contribution >= 4 is 20.9 Å². The van der Waals surface area contributed by atoms with E-state index in [2.05, 4.69) is 4.90 Å². The zero-order valence-electron chi connectivity index (χ0n) is 20.5. The Hall–Kier alpha value is -3.43. The van der Waals surface area contributed by atoms with E-state index in [0.29, 0.717) is 55.1 Å². The van der Waals surface area contributed by atoms with Gasteiger partial charge in [-0.3, -0.25) is 9.45 Å². The van der Waals surface area contributed by atoms with Crippen LogP contribution in [0.15, 0.2) is 89.8 Å². The van der Waals surface area contributed by atoms with E-state index in [-0.39, 0.29) is 10.5 Å². The molecule has 0 bridgehead atoms. The molecule has 0 spiro atoms. The minimum atomic E-state index is -4.51. The summed E-state index contributed by atoms with van der Waals surface area (Å²) in [7, 11) is -2.90. The fraction of sp³-hybridized carbons (Fsp3) is 0.241. The number of likely N-dealkylation sites (tertiary alicyclic amines) is 1. The predicted molar refractivity (Wildman–Crippen MR) is 142 cm³/mol. The summed E-state index contributed by atoms with van der Waals surface area (Å²) in [4.78, 5) is 1.98. The number of aliphatic hydroxyl groups is 1. The zero-order valence-corrected chi connectivity index (χ0v) is 21.3. The van der Waals surface area contributed by atoms with E-state index in [1.807, 2.05) is 60.7 Å². The summed E-state index contributed by atoms with van der Waals surface area (Å²) in [5, 5.41) is 13.1. The van der Waals surface area contributed by atoms with Gasteiger partial charge in [0.1, 0.15) is 10.6 Å². The van der Waals surface area contributed by atoms with Crippen LogP contribution in [0.4, 0.5) is 0 Å². The van der Waals surface area contributed by atoms with E-state index in [1.54, 1.807) is 25.3 Å². The van der Waals surface area contributed by atoms with E-state index in [4.69, 9.17) is 9.47 Å². The molecule has 1 aliphatic heterocycles. The Kier molecular flexibility index (Phi) is 6.92. The maximum Gasteiger partial charge on any atom is 0.294 e. The van der Waals surface area contributed by atoms with Crippen molar-refractivity contribution in [3.05, 3.63) is 96.1 Å². The van der Waals surface area contributed by atoms with Gasteiger partial charge < -0.3 is 14.6 Å². The molecule has 0 atom stereocenters. The largest absolute Gasteiger partial charge is 0.493 e. The molecule has 1 aliphatic rings. The Morgan fingerprint density at radius 1 is 0.865 bits per heavy atom. The Morgan fingerprint density at radius 2 is 1.51 bits per heavy atom. The van der Waals surface area contributed by atoms with Gasteiger partial charge in [0.2, 0.25) is 0 Å². The monoisotopic (exact) mass is 519 g/mol. The number of hydrogen-bond donors (Lipinski definition) is 2. The third kappa shape index (κ3) is 5.47. The lowest BCUT2D eigenvalue weighted by Crippen LogP contribution is -2.42. The molecule has 0 amide bonds. The summed E-state index contributed by atoms with van der Waals surface area (Å²) >= 11 is 0. The van der Waals surface area contributed by atoms with Crippen LogP contribution in [0.3, 0.4) is 0 Å². The van der Waals surface area contributed by atoms with E-state index in [1.165, 1.54) is 6.07 Å². The van der Waals surface area contributed by atoms with Crippen molar-refractivity contribution in [2.24, 2.45) is 0 Å². The number of ether oxygens (including phenoxy) is 2. The third-order valence-corrected chi connectivity index (χ3v) is 7.81. The highest BCUT2D eigenvalue weighted by Crippen LogP contribution is 2.39.